The highest BCUT2D eigenvalue weighted by Gasteiger charge is 2.38. The third-order valence-corrected chi connectivity index (χ3v) is 6.00. The molecule has 2 aromatic heterocycles. The number of hydrogen-bond acceptors (Lipinski definition) is 6. The van der Waals surface area contributed by atoms with E-state index in [1.54, 1.807) is 4.57 Å². The quantitative estimate of drug-likeness (QED) is 0.655. The maximum Gasteiger partial charge on any atom is 0.291 e. The third kappa shape index (κ3) is 3.60. The summed E-state index contributed by atoms with van der Waals surface area (Å²) in [7, 11) is 0. The number of carbonyl (C=O) groups excluding carboxylic acids is 2. The Balaban J connectivity index is 1.50. The molecule has 1 atom stereocenters. The van der Waals surface area contributed by atoms with Crippen LogP contribution < -0.4 is 11.1 Å². The van der Waals surface area contributed by atoms with Gasteiger partial charge in [-0.2, -0.15) is 4.98 Å². The first-order chi connectivity index (χ1) is 15.0. The standard InChI is InChI=1S/C22H25N7O2/c1-2-29-18-17(25-19(29)20(30)24-15-6-4-3-5-7-15)16(26-22(23)27-18)14-10-11-28(12-14)21(31)13-8-9-13/h3-7,13-14H,2,8-12H2,1H3,(H,24,30)(H2,23,26,27). The summed E-state index contributed by atoms with van der Waals surface area (Å²) in [6.45, 7) is 3.76. The van der Waals surface area contributed by atoms with E-state index in [0.29, 0.717) is 36.5 Å². The second-order valence-corrected chi connectivity index (χ2v) is 8.18. The average Bonchev–Trinajstić information content (AvgIpc) is 3.38. The van der Waals surface area contributed by atoms with Gasteiger partial charge >= 0.3 is 0 Å². The molecule has 1 saturated heterocycles. The summed E-state index contributed by atoms with van der Waals surface area (Å²) in [5.74, 6) is 0.573. The number of fused-ring (bicyclic) bond motifs is 1. The lowest BCUT2D eigenvalue weighted by molar-refractivity contribution is -0.131. The van der Waals surface area contributed by atoms with Crippen LogP contribution in [0.15, 0.2) is 30.3 Å². The summed E-state index contributed by atoms with van der Waals surface area (Å²) in [6, 6.07) is 9.25. The maximum atomic E-state index is 13.0. The molecule has 0 radical (unpaired) electrons. The van der Waals surface area contributed by atoms with Gasteiger partial charge in [-0.3, -0.25) is 9.59 Å². The Bertz CT molecular complexity index is 1150. The number of rotatable bonds is 5. The van der Waals surface area contributed by atoms with Crippen LogP contribution in [0, 0.1) is 5.92 Å². The number of aryl methyl sites for hydroxylation is 1. The average molecular weight is 419 g/mol. The smallest absolute Gasteiger partial charge is 0.291 e. The van der Waals surface area contributed by atoms with Gasteiger partial charge in [0.05, 0.1) is 5.69 Å². The number of anilines is 2. The van der Waals surface area contributed by atoms with E-state index < -0.39 is 0 Å². The third-order valence-electron chi connectivity index (χ3n) is 6.00. The molecular weight excluding hydrogens is 394 g/mol. The minimum atomic E-state index is -0.312. The Hall–Kier alpha value is -3.49. The van der Waals surface area contributed by atoms with Crippen LogP contribution in [0.5, 0.6) is 0 Å². The SMILES string of the molecule is CCn1c(C(=O)Nc2ccccc2)nc2c(C3CCN(C(=O)C4CC4)C3)nc(N)nc21. The number of nitrogens with two attached hydrogens (primary N) is 1. The minimum absolute atomic E-state index is 0.0285. The van der Waals surface area contributed by atoms with Crippen molar-refractivity contribution in [1.82, 2.24) is 24.4 Å². The molecule has 2 fully saturated rings. The van der Waals surface area contributed by atoms with E-state index in [1.807, 2.05) is 42.2 Å². The summed E-state index contributed by atoms with van der Waals surface area (Å²) >= 11 is 0. The van der Waals surface area contributed by atoms with Gasteiger partial charge < -0.3 is 20.5 Å². The Labute approximate surface area is 179 Å². The molecule has 0 spiro atoms. The number of carbonyl (C=O) groups is 2. The van der Waals surface area contributed by atoms with Crippen molar-refractivity contribution in [3.05, 3.63) is 41.9 Å². The molecular formula is C22H25N7O2. The molecule has 160 valence electrons. The number of nitrogen functional groups attached to an aromatic ring is 1. The highest BCUT2D eigenvalue weighted by atomic mass is 16.2. The van der Waals surface area contributed by atoms with Gasteiger partial charge in [-0.1, -0.05) is 18.2 Å². The van der Waals surface area contributed by atoms with Gasteiger partial charge in [0.2, 0.25) is 17.7 Å². The Morgan fingerprint density at radius 2 is 1.90 bits per heavy atom. The molecule has 1 aliphatic carbocycles. The molecule has 3 N–H and O–H groups in total. The number of imidazole rings is 1. The summed E-state index contributed by atoms with van der Waals surface area (Å²) in [6.07, 6.45) is 2.78. The summed E-state index contributed by atoms with van der Waals surface area (Å²) < 4.78 is 1.76. The molecule has 0 bridgehead atoms. The van der Waals surface area contributed by atoms with Crippen LogP contribution in [0.3, 0.4) is 0 Å². The summed E-state index contributed by atoms with van der Waals surface area (Å²) in [4.78, 5) is 40.9. The summed E-state index contributed by atoms with van der Waals surface area (Å²) in [5, 5.41) is 2.88. The lowest BCUT2D eigenvalue weighted by atomic mass is 10.0. The van der Waals surface area contributed by atoms with Crippen molar-refractivity contribution in [3.63, 3.8) is 0 Å². The van der Waals surface area contributed by atoms with Crippen molar-refractivity contribution < 1.29 is 9.59 Å². The minimum Gasteiger partial charge on any atom is -0.368 e. The van der Waals surface area contributed by atoms with Crippen LogP contribution in [0.4, 0.5) is 11.6 Å². The van der Waals surface area contributed by atoms with Gasteiger partial charge in [-0.25, -0.2) is 9.97 Å². The largest absolute Gasteiger partial charge is 0.368 e. The van der Waals surface area contributed by atoms with E-state index in [9.17, 15) is 9.59 Å². The van der Waals surface area contributed by atoms with Crippen LogP contribution >= 0.6 is 0 Å². The number of para-hydroxylation sites is 1. The molecule has 2 amide bonds. The normalized spacial score (nSPS) is 18.5. The molecule has 5 rings (SSSR count). The number of aromatic nitrogens is 4. The zero-order chi connectivity index (χ0) is 21.5. The monoisotopic (exact) mass is 419 g/mol. The molecule has 9 nitrogen and oxygen atoms in total. The van der Waals surface area contributed by atoms with E-state index in [2.05, 4.69) is 20.3 Å². The molecule has 1 aromatic carbocycles. The molecule has 1 saturated carbocycles. The number of likely N-dealkylation sites (tertiary alicyclic amines) is 1. The fraction of sp³-hybridized carbons (Fsp3) is 0.409. The van der Waals surface area contributed by atoms with E-state index >= 15 is 0 Å². The van der Waals surface area contributed by atoms with Crippen molar-refractivity contribution in [1.29, 1.82) is 0 Å². The second kappa shape index (κ2) is 7.64. The van der Waals surface area contributed by atoms with Crippen molar-refractivity contribution in [2.24, 2.45) is 5.92 Å². The van der Waals surface area contributed by atoms with Gasteiger partial charge in [-0.05, 0) is 38.3 Å². The van der Waals surface area contributed by atoms with Crippen molar-refractivity contribution in [3.8, 4) is 0 Å². The first kappa shape index (κ1) is 19.5. The number of nitrogens with zero attached hydrogens (tertiary/aromatic N) is 5. The topological polar surface area (TPSA) is 119 Å². The van der Waals surface area contributed by atoms with Gasteiger partial charge in [0.1, 0.15) is 5.52 Å². The molecule has 1 aliphatic heterocycles. The van der Waals surface area contributed by atoms with Crippen LogP contribution in [0.2, 0.25) is 0 Å². The van der Waals surface area contributed by atoms with Gasteiger partial charge in [0, 0.05) is 37.2 Å². The number of nitrogens with one attached hydrogen (secondary N) is 1. The van der Waals surface area contributed by atoms with Gasteiger partial charge in [-0.15, -0.1) is 0 Å². The fourth-order valence-corrected chi connectivity index (χ4v) is 4.28. The van der Waals surface area contributed by atoms with Gasteiger partial charge in [0.25, 0.3) is 5.91 Å². The van der Waals surface area contributed by atoms with Crippen molar-refractivity contribution >= 4 is 34.6 Å². The molecule has 1 unspecified atom stereocenters. The lowest BCUT2D eigenvalue weighted by Gasteiger charge is -2.16. The maximum absolute atomic E-state index is 13.0. The molecule has 3 aromatic rings. The van der Waals surface area contributed by atoms with Crippen molar-refractivity contribution in [2.75, 3.05) is 24.1 Å². The Morgan fingerprint density at radius 3 is 2.61 bits per heavy atom. The Kier molecular flexibility index (Phi) is 4.80. The van der Waals surface area contributed by atoms with E-state index in [-0.39, 0.29) is 35.4 Å². The first-order valence-electron chi connectivity index (χ1n) is 10.7. The molecule has 2 aliphatic rings. The predicted molar refractivity (Wildman–Crippen MR) is 116 cm³/mol. The number of benzene rings is 1. The van der Waals surface area contributed by atoms with Crippen LogP contribution in [-0.2, 0) is 11.3 Å². The van der Waals surface area contributed by atoms with Crippen LogP contribution in [0.1, 0.15) is 48.4 Å². The highest BCUT2D eigenvalue weighted by Crippen LogP contribution is 2.36. The number of hydrogen-bond donors (Lipinski definition) is 2. The highest BCUT2D eigenvalue weighted by molar-refractivity contribution is 6.03. The van der Waals surface area contributed by atoms with Crippen molar-refractivity contribution in [2.45, 2.75) is 38.6 Å². The molecule has 31 heavy (non-hydrogen) atoms. The van der Waals surface area contributed by atoms with E-state index in [1.165, 1.54) is 0 Å². The first-order valence-corrected chi connectivity index (χ1v) is 10.7. The lowest BCUT2D eigenvalue weighted by Crippen LogP contribution is -2.29. The van der Waals surface area contributed by atoms with E-state index in [4.69, 9.17) is 5.73 Å². The molecule has 3 heterocycles. The van der Waals surface area contributed by atoms with Gasteiger partial charge in [0.15, 0.2) is 5.65 Å². The zero-order valence-corrected chi connectivity index (χ0v) is 17.4. The molecule has 9 heteroatoms. The zero-order valence-electron chi connectivity index (χ0n) is 17.4. The second-order valence-electron chi connectivity index (χ2n) is 8.18. The fourth-order valence-electron chi connectivity index (χ4n) is 4.28. The Morgan fingerprint density at radius 1 is 1.13 bits per heavy atom. The van der Waals surface area contributed by atoms with Crippen LogP contribution in [0.25, 0.3) is 11.2 Å². The number of amides is 2. The summed E-state index contributed by atoms with van der Waals surface area (Å²) in [5.41, 5.74) is 8.58. The van der Waals surface area contributed by atoms with E-state index in [0.717, 1.165) is 25.0 Å². The predicted octanol–water partition coefficient (Wildman–Crippen LogP) is 2.41. The van der Waals surface area contributed by atoms with Crippen LogP contribution in [-0.4, -0.2) is 49.3 Å².